The number of hydrogen-bond donors (Lipinski definition) is 0. The molecule has 2 fully saturated rings. The minimum atomic E-state index is 0.0846. The molecule has 2 aromatic rings. The zero-order valence-electron chi connectivity index (χ0n) is 17.5. The number of anilines is 1. The van der Waals surface area contributed by atoms with Crippen LogP contribution in [0.25, 0.3) is 11.1 Å². The van der Waals surface area contributed by atoms with Gasteiger partial charge in [0.2, 0.25) is 0 Å². The van der Waals surface area contributed by atoms with Gasteiger partial charge in [0, 0.05) is 24.6 Å². The van der Waals surface area contributed by atoms with Gasteiger partial charge in [0.25, 0.3) is 0 Å². The standard InChI is InChI=1S/C26H36NP/c1-27(26-20-12-11-19-25(26)22-13-5-2-6-14-22)21-28(23-15-7-3-8-16-23)24-17-9-4-10-18-24/h2,5-6,11-14,19-20,23-24H,3-4,7-10,15-18,21H2,1H3. The number of benzene rings is 2. The maximum Gasteiger partial charge on any atom is 0.0446 e. The van der Waals surface area contributed by atoms with Crippen molar-refractivity contribution in [3.05, 3.63) is 54.6 Å². The molecule has 2 saturated carbocycles. The zero-order chi connectivity index (χ0) is 19.2. The van der Waals surface area contributed by atoms with E-state index in [4.69, 9.17) is 0 Å². The predicted octanol–water partition coefficient (Wildman–Crippen LogP) is 7.89. The highest BCUT2D eigenvalue weighted by atomic mass is 31.1. The van der Waals surface area contributed by atoms with Crippen molar-refractivity contribution in [2.45, 2.75) is 75.5 Å². The van der Waals surface area contributed by atoms with E-state index in [1.165, 1.54) is 87.3 Å². The third-order valence-corrected chi connectivity index (χ3v) is 10.5. The summed E-state index contributed by atoms with van der Waals surface area (Å²) in [5.74, 6) is 0. The summed E-state index contributed by atoms with van der Waals surface area (Å²) in [6.07, 6.45) is 16.1. The van der Waals surface area contributed by atoms with Gasteiger partial charge in [0.1, 0.15) is 0 Å². The van der Waals surface area contributed by atoms with E-state index in [2.05, 4.69) is 66.5 Å². The molecular formula is C26H36NP. The van der Waals surface area contributed by atoms with Crippen LogP contribution in [0.15, 0.2) is 54.6 Å². The Kier molecular flexibility index (Phi) is 7.08. The molecule has 2 aliphatic rings. The Labute approximate surface area is 173 Å². The molecule has 0 heterocycles. The molecule has 1 nitrogen and oxygen atoms in total. The van der Waals surface area contributed by atoms with E-state index in [1.54, 1.807) is 0 Å². The first-order chi connectivity index (χ1) is 13.8. The molecule has 0 atom stereocenters. The number of rotatable bonds is 6. The van der Waals surface area contributed by atoms with Crippen LogP contribution in [-0.2, 0) is 0 Å². The minimum absolute atomic E-state index is 0.0846. The quantitative estimate of drug-likeness (QED) is 0.451. The lowest BCUT2D eigenvalue weighted by atomic mass is 9.99. The second kappa shape index (κ2) is 9.93. The fourth-order valence-corrected chi connectivity index (χ4v) is 9.10. The molecule has 0 N–H and O–H groups in total. The van der Waals surface area contributed by atoms with Crippen molar-refractivity contribution in [1.82, 2.24) is 0 Å². The lowest BCUT2D eigenvalue weighted by Gasteiger charge is -2.41. The van der Waals surface area contributed by atoms with Crippen LogP contribution in [0, 0.1) is 0 Å². The van der Waals surface area contributed by atoms with Crippen molar-refractivity contribution in [1.29, 1.82) is 0 Å². The highest BCUT2D eigenvalue weighted by Crippen LogP contribution is 2.56. The molecule has 2 heteroatoms. The SMILES string of the molecule is CN(CP(C1CCCCC1)C1CCCCC1)c1ccccc1-c1ccccc1. The van der Waals surface area contributed by atoms with Gasteiger partial charge in [0.15, 0.2) is 0 Å². The largest absolute Gasteiger partial charge is 0.370 e. The molecule has 28 heavy (non-hydrogen) atoms. The van der Waals surface area contributed by atoms with Crippen molar-refractivity contribution < 1.29 is 0 Å². The molecule has 0 unspecified atom stereocenters. The Morgan fingerprint density at radius 2 is 1.25 bits per heavy atom. The third kappa shape index (κ3) is 4.80. The van der Waals surface area contributed by atoms with E-state index in [9.17, 15) is 0 Å². The van der Waals surface area contributed by atoms with Crippen LogP contribution < -0.4 is 4.90 Å². The van der Waals surface area contributed by atoms with Crippen LogP contribution in [0.1, 0.15) is 64.2 Å². The molecule has 0 spiro atoms. The molecule has 2 aromatic carbocycles. The van der Waals surface area contributed by atoms with Crippen LogP contribution >= 0.6 is 7.92 Å². The number of hydrogen-bond acceptors (Lipinski definition) is 1. The first kappa shape index (κ1) is 20.0. The van der Waals surface area contributed by atoms with Crippen LogP contribution in [0.3, 0.4) is 0 Å². The Hall–Kier alpha value is -1.33. The van der Waals surface area contributed by atoms with Gasteiger partial charge >= 0.3 is 0 Å². The highest BCUT2D eigenvalue weighted by molar-refractivity contribution is 7.59. The predicted molar refractivity (Wildman–Crippen MR) is 126 cm³/mol. The van der Waals surface area contributed by atoms with Crippen LogP contribution in [0.2, 0.25) is 0 Å². The Balaban J connectivity index is 1.56. The first-order valence-electron chi connectivity index (χ1n) is 11.4. The molecule has 0 amide bonds. The van der Waals surface area contributed by atoms with Gasteiger partial charge in [0.05, 0.1) is 0 Å². The lowest BCUT2D eigenvalue weighted by molar-refractivity contribution is 0.484. The van der Waals surface area contributed by atoms with Crippen LogP contribution in [-0.4, -0.2) is 24.7 Å². The molecule has 0 aliphatic heterocycles. The molecule has 0 saturated heterocycles. The van der Waals surface area contributed by atoms with Crippen LogP contribution in [0.5, 0.6) is 0 Å². The van der Waals surface area contributed by atoms with Gasteiger partial charge in [-0.15, -0.1) is 0 Å². The summed E-state index contributed by atoms with van der Waals surface area (Å²) in [7, 11) is 2.43. The molecule has 0 radical (unpaired) electrons. The Morgan fingerprint density at radius 3 is 1.86 bits per heavy atom. The molecular weight excluding hydrogens is 357 g/mol. The monoisotopic (exact) mass is 393 g/mol. The topological polar surface area (TPSA) is 3.24 Å². The Bertz CT molecular complexity index is 698. The molecule has 4 rings (SSSR count). The number of para-hydroxylation sites is 1. The van der Waals surface area contributed by atoms with Gasteiger partial charge in [-0.2, -0.15) is 0 Å². The number of nitrogens with zero attached hydrogens (tertiary/aromatic N) is 1. The average Bonchev–Trinajstić information content (AvgIpc) is 2.79. The summed E-state index contributed by atoms with van der Waals surface area (Å²) in [6, 6.07) is 19.9. The fourth-order valence-electron chi connectivity index (χ4n) is 5.34. The van der Waals surface area contributed by atoms with E-state index >= 15 is 0 Å². The van der Waals surface area contributed by atoms with Crippen molar-refractivity contribution in [2.24, 2.45) is 0 Å². The van der Waals surface area contributed by atoms with Gasteiger partial charge in [-0.05, 0) is 48.6 Å². The minimum Gasteiger partial charge on any atom is -0.370 e. The maximum absolute atomic E-state index is 2.61. The first-order valence-corrected chi connectivity index (χ1v) is 13.1. The summed E-state index contributed by atoms with van der Waals surface area (Å²) in [6.45, 7) is 0. The highest BCUT2D eigenvalue weighted by Gasteiger charge is 2.32. The summed E-state index contributed by atoms with van der Waals surface area (Å²) >= 11 is 0. The van der Waals surface area contributed by atoms with Crippen LogP contribution in [0.4, 0.5) is 5.69 Å². The van der Waals surface area contributed by atoms with E-state index in [0.29, 0.717) is 0 Å². The maximum atomic E-state index is 2.61. The molecule has 150 valence electrons. The lowest BCUT2D eigenvalue weighted by Crippen LogP contribution is -2.28. The second-order valence-electron chi connectivity index (χ2n) is 8.82. The zero-order valence-corrected chi connectivity index (χ0v) is 18.4. The van der Waals surface area contributed by atoms with Gasteiger partial charge in [-0.3, -0.25) is 0 Å². The smallest absolute Gasteiger partial charge is 0.0446 e. The summed E-state index contributed by atoms with van der Waals surface area (Å²) < 4.78 is 0. The van der Waals surface area contributed by atoms with E-state index in [1.807, 2.05) is 0 Å². The van der Waals surface area contributed by atoms with E-state index < -0.39 is 0 Å². The van der Waals surface area contributed by atoms with Gasteiger partial charge < -0.3 is 4.90 Å². The van der Waals surface area contributed by atoms with Crippen molar-refractivity contribution in [3.63, 3.8) is 0 Å². The summed E-state index contributed by atoms with van der Waals surface area (Å²) in [4.78, 5) is 2.61. The van der Waals surface area contributed by atoms with Gasteiger partial charge in [-0.1, -0.05) is 95.0 Å². The summed E-state index contributed by atoms with van der Waals surface area (Å²) in [5.41, 5.74) is 6.15. The van der Waals surface area contributed by atoms with E-state index in [0.717, 1.165) is 11.3 Å². The van der Waals surface area contributed by atoms with Crippen molar-refractivity contribution >= 4 is 13.6 Å². The summed E-state index contributed by atoms with van der Waals surface area (Å²) in [5, 5.41) is 0. The Morgan fingerprint density at radius 1 is 0.714 bits per heavy atom. The molecule has 0 bridgehead atoms. The fraction of sp³-hybridized carbons (Fsp3) is 0.538. The molecule has 0 aromatic heterocycles. The normalized spacial score (nSPS) is 19.1. The van der Waals surface area contributed by atoms with Crippen molar-refractivity contribution in [2.75, 3.05) is 18.2 Å². The third-order valence-electron chi connectivity index (χ3n) is 6.86. The van der Waals surface area contributed by atoms with Crippen molar-refractivity contribution in [3.8, 4) is 11.1 Å². The second-order valence-corrected chi connectivity index (χ2v) is 11.6. The van der Waals surface area contributed by atoms with Gasteiger partial charge in [-0.25, -0.2) is 0 Å². The molecule has 2 aliphatic carbocycles. The van der Waals surface area contributed by atoms with E-state index in [-0.39, 0.29) is 7.92 Å². The average molecular weight is 394 g/mol.